The van der Waals surface area contributed by atoms with Gasteiger partial charge in [0, 0.05) is 22.2 Å². The Labute approximate surface area is 269 Å². The second-order valence-electron chi connectivity index (χ2n) is 14.2. The van der Waals surface area contributed by atoms with E-state index in [2.05, 4.69) is 112 Å². The zero-order valence-electron chi connectivity index (χ0n) is 26.8. The van der Waals surface area contributed by atoms with Gasteiger partial charge in [0.2, 0.25) is 0 Å². The van der Waals surface area contributed by atoms with Crippen molar-refractivity contribution in [1.82, 2.24) is 0 Å². The zero-order valence-corrected chi connectivity index (χ0v) is 26.8. The zero-order chi connectivity index (χ0) is 32.0. The molecule has 0 radical (unpaired) electrons. The molecule has 8 rings (SSSR count). The van der Waals surface area contributed by atoms with Crippen LogP contribution in [0.25, 0.3) is 27.6 Å². The fraction of sp³-hybridized carbons (Fsp3) is 0.163. The van der Waals surface area contributed by atoms with E-state index in [1.165, 1.54) is 22.4 Å². The van der Waals surface area contributed by atoms with Crippen molar-refractivity contribution < 1.29 is 9.59 Å². The van der Waals surface area contributed by atoms with Crippen molar-refractivity contribution in [3.05, 3.63) is 154 Å². The fourth-order valence-electron chi connectivity index (χ4n) is 7.43. The van der Waals surface area contributed by atoms with Crippen LogP contribution in [0.15, 0.2) is 121 Å². The summed E-state index contributed by atoms with van der Waals surface area (Å²) in [5.74, 6) is -0.413. The number of carbonyl (C=O) groups is 2. The van der Waals surface area contributed by atoms with Crippen molar-refractivity contribution in [3.63, 3.8) is 0 Å². The third kappa shape index (κ3) is 4.19. The first-order valence-corrected chi connectivity index (χ1v) is 15.9. The van der Waals surface area contributed by atoms with Crippen LogP contribution in [0.1, 0.15) is 77.6 Å². The summed E-state index contributed by atoms with van der Waals surface area (Å²) in [6.07, 6.45) is 1.76. The predicted octanol–water partition coefficient (Wildman–Crippen LogP) is 10.9. The average Bonchev–Trinajstić information content (AvgIpc) is 3.27. The van der Waals surface area contributed by atoms with E-state index in [0.717, 1.165) is 38.5 Å². The molecule has 0 saturated carbocycles. The second-order valence-corrected chi connectivity index (χ2v) is 14.2. The van der Waals surface area contributed by atoms with Gasteiger partial charge in [0.25, 0.3) is 0 Å². The van der Waals surface area contributed by atoms with Crippen molar-refractivity contribution in [2.45, 2.75) is 45.4 Å². The number of ketones is 2. The van der Waals surface area contributed by atoms with Crippen molar-refractivity contribution in [1.29, 1.82) is 0 Å². The van der Waals surface area contributed by atoms with Crippen LogP contribution in [-0.4, -0.2) is 11.6 Å². The van der Waals surface area contributed by atoms with Gasteiger partial charge in [-0.25, -0.2) is 0 Å². The van der Waals surface area contributed by atoms with Crippen LogP contribution in [0, 0.1) is 0 Å². The van der Waals surface area contributed by atoms with Gasteiger partial charge in [0.05, 0.1) is 16.9 Å². The fourth-order valence-corrected chi connectivity index (χ4v) is 7.43. The molecule has 6 aromatic carbocycles. The van der Waals surface area contributed by atoms with E-state index in [-0.39, 0.29) is 28.0 Å². The molecule has 0 atom stereocenters. The van der Waals surface area contributed by atoms with Gasteiger partial charge in [-0.05, 0) is 97.8 Å². The Kier molecular flexibility index (Phi) is 6.05. The summed E-state index contributed by atoms with van der Waals surface area (Å²) >= 11 is 0. The molecule has 1 aliphatic heterocycles. The first kappa shape index (κ1) is 28.2. The molecule has 0 fully saturated rings. The van der Waals surface area contributed by atoms with Gasteiger partial charge in [-0.1, -0.05) is 107 Å². The quantitative estimate of drug-likeness (QED) is 0.147. The van der Waals surface area contributed by atoms with Crippen LogP contribution >= 0.6 is 0 Å². The Hall–Kier alpha value is -5.28. The summed E-state index contributed by atoms with van der Waals surface area (Å²) in [5.41, 5.74) is 9.17. The Morgan fingerprint density at radius 2 is 1.26 bits per heavy atom. The Morgan fingerprint density at radius 1 is 0.630 bits per heavy atom. The highest BCUT2D eigenvalue weighted by Crippen LogP contribution is 2.54. The third-order valence-electron chi connectivity index (χ3n) is 9.87. The van der Waals surface area contributed by atoms with Crippen molar-refractivity contribution in [2.75, 3.05) is 4.90 Å². The van der Waals surface area contributed by atoms with Crippen LogP contribution in [0.2, 0.25) is 0 Å². The lowest BCUT2D eigenvalue weighted by Gasteiger charge is -2.42. The van der Waals surface area contributed by atoms with E-state index in [1.807, 2.05) is 42.5 Å². The molecule has 224 valence electrons. The Morgan fingerprint density at radius 3 is 1.91 bits per heavy atom. The topological polar surface area (TPSA) is 37.4 Å². The van der Waals surface area contributed by atoms with Gasteiger partial charge in [-0.2, -0.15) is 0 Å². The van der Waals surface area contributed by atoms with E-state index < -0.39 is 0 Å². The summed E-state index contributed by atoms with van der Waals surface area (Å²) in [5, 5.41) is 4.16. The summed E-state index contributed by atoms with van der Waals surface area (Å²) in [6.45, 7) is 11.3. The number of hydrogen-bond donors (Lipinski definition) is 0. The summed E-state index contributed by atoms with van der Waals surface area (Å²) in [4.78, 5) is 29.3. The number of allylic oxidation sites excluding steroid dienone is 1. The highest BCUT2D eigenvalue weighted by Gasteiger charge is 2.38. The molecule has 1 aliphatic carbocycles. The number of hydrogen-bond acceptors (Lipinski definition) is 3. The summed E-state index contributed by atoms with van der Waals surface area (Å²) < 4.78 is 0. The van der Waals surface area contributed by atoms with Crippen molar-refractivity contribution >= 4 is 56.2 Å². The van der Waals surface area contributed by atoms with Gasteiger partial charge in [0.1, 0.15) is 0 Å². The minimum atomic E-state index is -0.256. The molecule has 2 aliphatic rings. The summed E-state index contributed by atoms with van der Waals surface area (Å²) in [6, 6.07) is 39.8. The van der Waals surface area contributed by atoms with Gasteiger partial charge in [-0.3, -0.25) is 9.59 Å². The molecular weight excluding hydrogens is 562 g/mol. The van der Waals surface area contributed by atoms with Crippen LogP contribution < -0.4 is 4.90 Å². The number of benzene rings is 6. The lowest BCUT2D eigenvalue weighted by Crippen LogP contribution is -2.31. The van der Waals surface area contributed by atoms with Crippen LogP contribution in [-0.2, 0) is 10.8 Å². The minimum absolute atomic E-state index is 0.0755. The molecule has 6 aromatic rings. The Balaban J connectivity index is 1.25. The normalized spacial score (nSPS) is 15.2. The maximum atomic E-state index is 13.5. The first-order chi connectivity index (χ1) is 22.0. The maximum absolute atomic E-state index is 13.5. The summed E-state index contributed by atoms with van der Waals surface area (Å²) in [7, 11) is 0. The maximum Gasteiger partial charge on any atom is 0.197 e. The lowest BCUT2D eigenvalue weighted by molar-refractivity contribution is 0.0990. The molecule has 46 heavy (non-hydrogen) atoms. The van der Waals surface area contributed by atoms with E-state index >= 15 is 0 Å². The van der Waals surface area contributed by atoms with E-state index in [9.17, 15) is 9.59 Å². The minimum Gasteiger partial charge on any atom is -0.310 e. The number of nitrogens with zero attached hydrogens (tertiary/aromatic N) is 1. The van der Waals surface area contributed by atoms with Crippen molar-refractivity contribution in [3.8, 4) is 0 Å². The highest BCUT2D eigenvalue weighted by atomic mass is 16.2. The molecule has 0 bridgehead atoms. The second kappa shape index (κ2) is 9.86. The first-order valence-electron chi connectivity index (χ1n) is 15.9. The van der Waals surface area contributed by atoms with Crippen LogP contribution in [0.3, 0.4) is 0 Å². The number of fused-ring (bicyclic) bond motifs is 6. The van der Waals surface area contributed by atoms with Crippen LogP contribution in [0.4, 0.5) is 17.1 Å². The largest absolute Gasteiger partial charge is 0.310 e. The molecule has 0 aromatic heterocycles. The van der Waals surface area contributed by atoms with Gasteiger partial charge < -0.3 is 4.90 Å². The lowest BCUT2D eigenvalue weighted by atomic mass is 9.71. The molecule has 0 spiro atoms. The Bertz CT molecular complexity index is 2240. The number of para-hydroxylation sites is 1. The van der Waals surface area contributed by atoms with Crippen molar-refractivity contribution in [2.24, 2.45) is 0 Å². The molecule has 0 saturated heterocycles. The van der Waals surface area contributed by atoms with Gasteiger partial charge >= 0.3 is 0 Å². The predicted molar refractivity (Wildman–Crippen MR) is 190 cm³/mol. The molecule has 0 unspecified atom stereocenters. The van der Waals surface area contributed by atoms with E-state index in [1.54, 1.807) is 6.08 Å². The number of carbonyl (C=O) groups excluding carboxylic acids is 2. The smallest absolute Gasteiger partial charge is 0.197 e. The number of rotatable bonds is 2. The third-order valence-corrected chi connectivity index (χ3v) is 9.87. The highest BCUT2D eigenvalue weighted by molar-refractivity contribution is 6.42. The average molecular weight is 598 g/mol. The molecule has 3 nitrogen and oxygen atoms in total. The van der Waals surface area contributed by atoms with E-state index in [4.69, 9.17) is 0 Å². The number of Topliss-reactive ketones (excluding diaryl/α,β-unsaturated/α-hetero) is 2. The molecule has 0 N–H and O–H groups in total. The van der Waals surface area contributed by atoms with Gasteiger partial charge in [0.15, 0.2) is 11.6 Å². The molecule has 3 heteroatoms. The molecule has 1 heterocycles. The molecular formula is C43H35NO2. The van der Waals surface area contributed by atoms with Crippen LogP contribution in [0.5, 0.6) is 0 Å². The van der Waals surface area contributed by atoms with E-state index in [0.29, 0.717) is 11.1 Å². The SMILES string of the molecule is CC(C)(C)c1ccc(N2c3ccccc3C(C)(C)c3c2ccc2cc(C=C4C(=O)c5cc6ccccc6cc5C4=O)ccc32)cc1. The number of anilines is 3. The molecule has 0 amide bonds. The monoisotopic (exact) mass is 597 g/mol. The standard InChI is InChI=1S/C43H35NO2/c1-42(2,3)30-16-18-31(19-17-30)44-37-13-9-8-12-36(37)43(4,5)39-32-20-14-26(22-29(32)15-21-38(39)44)23-35-40(45)33-24-27-10-6-7-11-28(27)25-34(33)41(35)46/h6-25H,1-5H3. The van der Waals surface area contributed by atoms with Gasteiger partial charge in [-0.15, -0.1) is 0 Å².